The monoisotopic (exact) mass is 483 g/mol. The predicted molar refractivity (Wildman–Crippen MR) is 128 cm³/mol. The van der Waals surface area contributed by atoms with Gasteiger partial charge in [-0.1, -0.05) is 18.2 Å². The lowest BCUT2D eigenvalue weighted by atomic mass is 10.1. The second-order valence-corrected chi connectivity index (χ2v) is 9.18. The molecule has 1 unspecified atom stereocenters. The maximum atomic E-state index is 13.4. The Morgan fingerprint density at radius 1 is 1.12 bits per heavy atom. The summed E-state index contributed by atoms with van der Waals surface area (Å²) >= 11 is 1.50. The standard InChI is InChI=1S/C25H26FN3O4S/c26-18-5-1-4-17(12-18)8-9-27-24(31)21-15-29(14-19-6-2-10-33-19)16-22(23(21)30)25(32)28-13-20-7-3-11-34-20/h1,3-5,7,11-12,15-16,19H,2,6,8-10,13-14H2,(H,27,31)(H,28,32). The fourth-order valence-electron chi connectivity index (χ4n) is 3.87. The molecule has 2 amide bonds. The quantitative estimate of drug-likeness (QED) is 0.489. The van der Waals surface area contributed by atoms with E-state index in [1.807, 2.05) is 17.5 Å². The highest BCUT2D eigenvalue weighted by atomic mass is 32.1. The van der Waals surface area contributed by atoms with Crippen LogP contribution < -0.4 is 16.1 Å². The maximum absolute atomic E-state index is 13.4. The lowest BCUT2D eigenvalue weighted by molar-refractivity contribution is 0.0925. The molecule has 1 aliphatic heterocycles. The van der Waals surface area contributed by atoms with Crippen molar-refractivity contribution in [2.75, 3.05) is 13.2 Å². The summed E-state index contributed by atoms with van der Waals surface area (Å²) in [6.45, 7) is 1.63. The molecule has 7 nitrogen and oxygen atoms in total. The minimum absolute atomic E-state index is 0.0339. The highest BCUT2D eigenvalue weighted by molar-refractivity contribution is 7.09. The van der Waals surface area contributed by atoms with Gasteiger partial charge in [0, 0.05) is 37.0 Å². The van der Waals surface area contributed by atoms with Gasteiger partial charge in [-0.2, -0.15) is 0 Å². The van der Waals surface area contributed by atoms with Crippen molar-refractivity contribution in [1.29, 1.82) is 0 Å². The molecule has 1 atom stereocenters. The van der Waals surface area contributed by atoms with Crippen LogP contribution in [0.2, 0.25) is 0 Å². The minimum atomic E-state index is -0.629. The molecule has 9 heteroatoms. The van der Waals surface area contributed by atoms with E-state index in [-0.39, 0.29) is 29.6 Å². The van der Waals surface area contributed by atoms with E-state index < -0.39 is 17.2 Å². The average molecular weight is 484 g/mol. The molecule has 3 heterocycles. The Balaban J connectivity index is 1.51. The Bertz CT molecular complexity index is 1200. The van der Waals surface area contributed by atoms with Crippen LogP contribution in [0, 0.1) is 5.82 Å². The summed E-state index contributed by atoms with van der Waals surface area (Å²) in [6, 6.07) is 9.91. The van der Waals surface area contributed by atoms with Crippen LogP contribution >= 0.6 is 11.3 Å². The highest BCUT2D eigenvalue weighted by Gasteiger charge is 2.22. The lowest BCUT2D eigenvalue weighted by Gasteiger charge is -2.15. The van der Waals surface area contributed by atoms with E-state index in [9.17, 15) is 18.8 Å². The molecule has 0 bridgehead atoms. The molecule has 34 heavy (non-hydrogen) atoms. The first kappa shape index (κ1) is 23.8. The van der Waals surface area contributed by atoms with Crippen LogP contribution in [0.3, 0.4) is 0 Å². The van der Waals surface area contributed by atoms with Crippen LogP contribution in [0.15, 0.2) is 59.0 Å². The fraction of sp³-hybridized carbons (Fsp3) is 0.320. The van der Waals surface area contributed by atoms with Gasteiger partial charge in [0.15, 0.2) is 0 Å². The van der Waals surface area contributed by atoms with Crippen LogP contribution in [0.1, 0.15) is 44.0 Å². The number of amides is 2. The zero-order chi connectivity index (χ0) is 23.9. The number of ether oxygens (including phenoxy) is 1. The van der Waals surface area contributed by atoms with E-state index in [1.165, 1.54) is 35.9 Å². The molecule has 1 saturated heterocycles. The molecule has 2 aromatic heterocycles. The van der Waals surface area contributed by atoms with Gasteiger partial charge >= 0.3 is 0 Å². The van der Waals surface area contributed by atoms with Gasteiger partial charge in [-0.3, -0.25) is 14.4 Å². The second kappa shape index (κ2) is 11.2. The first-order chi connectivity index (χ1) is 16.5. The molecular formula is C25H26FN3O4S. The van der Waals surface area contributed by atoms with Crippen molar-refractivity contribution in [3.63, 3.8) is 0 Å². The van der Waals surface area contributed by atoms with Gasteiger partial charge in [0.2, 0.25) is 5.43 Å². The number of benzene rings is 1. The van der Waals surface area contributed by atoms with Crippen molar-refractivity contribution in [2.45, 2.75) is 38.5 Å². The third-order valence-corrected chi connectivity index (χ3v) is 6.47. The van der Waals surface area contributed by atoms with Gasteiger partial charge in [0.25, 0.3) is 11.8 Å². The van der Waals surface area contributed by atoms with E-state index in [2.05, 4.69) is 10.6 Å². The van der Waals surface area contributed by atoms with Crippen molar-refractivity contribution in [3.05, 3.63) is 91.8 Å². The number of nitrogens with zero attached hydrogens (tertiary/aromatic N) is 1. The van der Waals surface area contributed by atoms with Gasteiger partial charge < -0.3 is 19.9 Å². The number of aromatic nitrogens is 1. The molecule has 3 aromatic rings. The van der Waals surface area contributed by atoms with Crippen LogP contribution in [0.4, 0.5) is 4.39 Å². The van der Waals surface area contributed by atoms with Crippen LogP contribution in [0.5, 0.6) is 0 Å². The van der Waals surface area contributed by atoms with Gasteiger partial charge in [-0.25, -0.2) is 4.39 Å². The largest absolute Gasteiger partial charge is 0.376 e. The molecule has 0 radical (unpaired) electrons. The third kappa shape index (κ3) is 6.18. The van der Waals surface area contributed by atoms with E-state index in [1.54, 1.807) is 16.7 Å². The molecule has 1 aliphatic rings. The number of hydrogen-bond acceptors (Lipinski definition) is 5. The van der Waals surface area contributed by atoms with Crippen LogP contribution in [-0.2, 0) is 24.2 Å². The third-order valence-electron chi connectivity index (χ3n) is 5.60. The first-order valence-corrected chi connectivity index (χ1v) is 12.1. The summed E-state index contributed by atoms with van der Waals surface area (Å²) in [5.74, 6) is -1.45. The fourth-order valence-corrected chi connectivity index (χ4v) is 4.51. The first-order valence-electron chi connectivity index (χ1n) is 11.2. The smallest absolute Gasteiger partial charge is 0.257 e. The summed E-state index contributed by atoms with van der Waals surface area (Å²) < 4.78 is 20.7. The Morgan fingerprint density at radius 2 is 1.91 bits per heavy atom. The Morgan fingerprint density at radius 3 is 2.59 bits per heavy atom. The van der Waals surface area contributed by atoms with E-state index >= 15 is 0 Å². The number of thiophene rings is 1. The van der Waals surface area contributed by atoms with Crippen molar-refractivity contribution < 1.29 is 18.7 Å². The summed E-state index contributed by atoms with van der Waals surface area (Å²) in [7, 11) is 0. The topological polar surface area (TPSA) is 89.4 Å². The summed E-state index contributed by atoms with van der Waals surface area (Å²) in [4.78, 5) is 39.7. The van der Waals surface area contributed by atoms with E-state index in [0.29, 0.717) is 26.1 Å². The number of nitrogens with one attached hydrogen (secondary N) is 2. The number of hydrogen-bond donors (Lipinski definition) is 2. The average Bonchev–Trinajstić information content (AvgIpc) is 3.53. The van der Waals surface area contributed by atoms with Crippen molar-refractivity contribution in [2.24, 2.45) is 0 Å². The van der Waals surface area contributed by atoms with Gasteiger partial charge in [-0.05, 0) is 48.4 Å². The molecule has 0 aliphatic carbocycles. The highest BCUT2D eigenvalue weighted by Crippen LogP contribution is 2.15. The van der Waals surface area contributed by atoms with E-state index in [0.717, 1.165) is 23.3 Å². The molecule has 2 N–H and O–H groups in total. The lowest BCUT2D eigenvalue weighted by Crippen LogP contribution is -2.36. The van der Waals surface area contributed by atoms with Gasteiger partial charge in [0.1, 0.15) is 16.9 Å². The number of carbonyl (C=O) groups is 2. The Kier molecular flexibility index (Phi) is 7.87. The summed E-state index contributed by atoms with van der Waals surface area (Å²) in [5, 5.41) is 7.38. The Hall–Kier alpha value is -3.30. The van der Waals surface area contributed by atoms with Crippen molar-refractivity contribution in [3.8, 4) is 0 Å². The number of halogens is 1. The zero-order valence-corrected chi connectivity index (χ0v) is 19.4. The van der Waals surface area contributed by atoms with Crippen molar-refractivity contribution >= 4 is 23.2 Å². The number of carbonyl (C=O) groups excluding carboxylic acids is 2. The number of rotatable bonds is 9. The SMILES string of the molecule is O=C(NCCc1cccc(F)c1)c1cn(CC2CCCO2)cc(C(=O)NCc2cccs2)c1=O. The second-order valence-electron chi connectivity index (χ2n) is 8.14. The van der Waals surface area contributed by atoms with Gasteiger partial charge in [-0.15, -0.1) is 11.3 Å². The van der Waals surface area contributed by atoms with Gasteiger partial charge in [0.05, 0.1) is 12.6 Å². The Labute approximate surface area is 200 Å². The maximum Gasteiger partial charge on any atom is 0.257 e. The van der Waals surface area contributed by atoms with Crippen molar-refractivity contribution in [1.82, 2.24) is 15.2 Å². The zero-order valence-electron chi connectivity index (χ0n) is 18.6. The van der Waals surface area contributed by atoms with Crippen LogP contribution in [-0.4, -0.2) is 35.6 Å². The molecule has 0 spiro atoms. The molecule has 1 aromatic carbocycles. The molecule has 0 saturated carbocycles. The molecule has 178 valence electrons. The predicted octanol–water partition coefficient (Wildman–Crippen LogP) is 3.13. The summed E-state index contributed by atoms with van der Waals surface area (Å²) in [5.41, 5.74) is -0.0957. The molecular weight excluding hydrogens is 457 g/mol. The molecule has 4 rings (SSSR count). The van der Waals surface area contributed by atoms with E-state index in [4.69, 9.17) is 4.74 Å². The minimum Gasteiger partial charge on any atom is -0.376 e. The van der Waals surface area contributed by atoms with Crippen LogP contribution in [0.25, 0.3) is 0 Å². The molecule has 1 fully saturated rings. The summed E-state index contributed by atoms with van der Waals surface area (Å²) in [6.07, 6.45) is 5.16. The number of pyridine rings is 1. The normalized spacial score (nSPS) is 15.3.